The molecule has 0 aromatic heterocycles. The first-order chi connectivity index (χ1) is 16.4. The molecule has 6 heteroatoms. The quantitative estimate of drug-likeness (QED) is 0.119. The van der Waals surface area contributed by atoms with Gasteiger partial charge in [-0.1, -0.05) is 43.4 Å². The molecule has 0 amide bonds. The second kappa shape index (κ2) is 12.0. The lowest BCUT2D eigenvalue weighted by Gasteiger charge is -2.08. The zero-order valence-electron chi connectivity index (χ0n) is 18.3. The Morgan fingerprint density at radius 1 is 0.735 bits per heavy atom. The third-order valence-corrected chi connectivity index (χ3v) is 4.97. The van der Waals surface area contributed by atoms with E-state index in [0.717, 1.165) is 55.5 Å². The monoisotopic (exact) mass is 477 g/mol. The summed E-state index contributed by atoms with van der Waals surface area (Å²) in [6, 6.07) is 10.8. The fourth-order valence-corrected chi connectivity index (χ4v) is 3.28. The predicted molar refractivity (Wildman–Crippen MR) is 130 cm³/mol. The number of isothiocyanates is 1. The van der Waals surface area contributed by atoms with Crippen LogP contribution in [0.2, 0.25) is 0 Å². The zero-order valence-corrected chi connectivity index (χ0v) is 19.1. The lowest BCUT2D eigenvalue weighted by molar-refractivity contribution is 0.580. The summed E-state index contributed by atoms with van der Waals surface area (Å²) >= 11 is 4.34. The summed E-state index contributed by atoms with van der Waals surface area (Å²) in [5.41, 5.74) is 0.0600. The molecule has 3 aromatic rings. The highest BCUT2D eigenvalue weighted by molar-refractivity contribution is 7.78. The normalized spacial score (nSPS) is 9.91. The molecule has 0 N–H and O–H groups in total. The van der Waals surface area contributed by atoms with E-state index in [1.807, 2.05) is 17.3 Å². The number of hydrogen-bond donors (Lipinski definition) is 0. The Balaban J connectivity index is 1.81. The van der Waals surface area contributed by atoms with Gasteiger partial charge in [0.2, 0.25) is 0 Å². The summed E-state index contributed by atoms with van der Waals surface area (Å²) in [6.45, 7) is 2.14. The molecule has 0 atom stereocenters. The van der Waals surface area contributed by atoms with Crippen molar-refractivity contribution in [3.05, 3.63) is 88.5 Å². The van der Waals surface area contributed by atoms with Crippen LogP contribution in [0, 0.1) is 47.0 Å². The van der Waals surface area contributed by atoms with Gasteiger partial charge in [0.05, 0.1) is 10.7 Å². The maximum absolute atomic E-state index is 14.7. The number of thiocarbonyl (C=S) groups is 1. The average molecular weight is 478 g/mol. The van der Waals surface area contributed by atoms with Gasteiger partial charge in [0.1, 0.15) is 17.3 Å². The second-order valence-corrected chi connectivity index (χ2v) is 7.58. The first kappa shape index (κ1) is 24.9. The van der Waals surface area contributed by atoms with E-state index in [-0.39, 0.29) is 11.1 Å². The Morgan fingerprint density at radius 2 is 1.29 bits per heavy atom. The van der Waals surface area contributed by atoms with E-state index in [4.69, 9.17) is 0 Å². The molecule has 0 spiro atoms. The molecular weight excluding hydrogens is 458 g/mol. The van der Waals surface area contributed by atoms with E-state index in [1.165, 1.54) is 0 Å². The molecule has 0 unspecified atom stereocenters. The van der Waals surface area contributed by atoms with Crippen molar-refractivity contribution in [2.24, 2.45) is 4.99 Å². The van der Waals surface area contributed by atoms with Crippen LogP contribution >= 0.6 is 12.2 Å². The van der Waals surface area contributed by atoms with Gasteiger partial charge in [-0.15, -0.1) is 0 Å². The Hall–Kier alpha value is -3.70. The third kappa shape index (κ3) is 6.42. The highest BCUT2D eigenvalue weighted by Crippen LogP contribution is 2.32. The summed E-state index contributed by atoms with van der Waals surface area (Å²) in [5.74, 6) is 7.57. The van der Waals surface area contributed by atoms with Gasteiger partial charge in [0.15, 0.2) is 11.6 Å². The van der Waals surface area contributed by atoms with Gasteiger partial charge in [-0.3, -0.25) is 0 Å². The van der Waals surface area contributed by atoms with E-state index < -0.39 is 34.5 Å². The predicted octanol–water partition coefficient (Wildman–Crippen LogP) is 7.98. The molecule has 0 radical (unpaired) electrons. The molecule has 1 nitrogen and oxygen atoms in total. The van der Waals surface area contributed by atoms with Crippen LogP contribution in [-0.2, 0) is 0 Å². The highest BCUT2D eigenvalue weighted by Gasteiger charge is 2.18. The number of aliphatic imine (C=N–C) groups is 1. The Morgan fingerprint density at radius 3 is 1.85 bits per heavy atom. The fourth-order valence-electron chi connectivity index (χ4n) is 3.19. The largest absolute Gasteiger partial charge is 0.206 e. The van der Waals surface area contributed by atoms with Crippen molar-refractivity contribution in [2.45, 2.75) is 32.6 Å². The van der Waals surface area contributed by atoms with Crippen LogP contribution in [-0.4, -0.2) is 5.16 Å². The van der Waals surface area contributed by atoms with Gasteiger partial charge in [0.25, 0.3) is 0 Å². The SMILES string of the molecule is CCCCCC#Cc1ccc(C#Cc2cc(F)c(-c3cc(F)c(N=C=S)c(F)c3)c(F)c2)cc1. The van der Waals surface area contributed by atoms with Crippen LogP contribution in [0.3, 0.4) is 0 Å². The van der Waals surface area contributed by atoms with Gasteiger partial charge in [-0.05, 0) is 72.7 Å². The average Bonchev–Trinajstić information content (AvgIpc) is 2.80. The van der Waals surface area contributed by atoms with E-state index in [9.17, 15) is 17.6 Å². The summed E-state index contributed by atoms with van der Waals surface area (Å²) in [6.07, 6.45) is 4.25. The number of benzene rings is 3. The summed E-state index contributed by atoms with van der Waals surface area (Å²) in [5, 5.41) is 1.86. The summed E-state index contributed by atoms with van der Waals surface area (Å²) in [7, 11) is 0. The van der Waals surface area contributed by atoms with Crippen molar-refractivity contribution < 1.29 is 17.6 Å². The second-order valence-electron chi connectivity index (χ2n) is 7.39. The minimum atomic E-state index is -1.11. The van der Waals surface area contributed by atoms with Crippen molar-refractivity contribution in [1.29, 1.82) is 0 Å². The van der Waals surface area contributed by atoms with Crippen LogP contribution in [0.4, 0.5) is 23.2 Å². The Kier molecular flexibility index (Phi) is 8.77. The third-order valence-electron chi connectivity index (χ3n) is 4.88. The van der Waals surface area contributed by atoms with Crippen LogP contribution in [0.25, 0.3) is 11.1 Å². The zero-order chi connectivity index (χ0) is 24.5. The van der Waals surface area contributed by atoms with Gasteiger partial charge in [0, 0.05) is 23.1 Å². The molecular formula is C28H19F4NS. The maximum atomic E-state index is 14.7. The molecule has 0 saturated heterocycles. The van der Waals surface area contributed by atoms with Crippen LogP contribution in [0.5, 0.6) is 0 Å². The molecule has 34 heavy (non-hydrogen) atoms. The molecule has 170 valence electrons. The van der Waals surface area contributed by atoms with Crippen molar-refractivity contribution in [3.8, 4) is 34.8 Å². The number of hydrogen-bond acceptors (Lipinski definition) is 2. The molecule has 3 rings (SSSR count). The van der Waals surface area contributed by atoms with Crippen LogP contribution < -0.4 is 0 Å². The lowest BCUT2D eigenvalue weighted by Crippen LogP contribution is -1.95. The lowest BCUT2D eigenvalue weighted by atomic mass is 10.0. The number of halogens is 4. The van der Waals surface area contributed by atoms with Crippen molar-refractivity contribution in [1.82, 2.24) is 0 Å². The molecule has 0 aliphatic rings. The highest BCUT2D eigenvalue weighted by atomic mass is 32.1. The van der Waals surface area contributed by atoms with E-state index in [2.05, 4.69) is 47.8 Å². The topological polar surface area (TPSA) is 12.4 Å². The number of unbranched alkanes of at least 4 members (excludes halogenated alkanes) is 3. The minimum Gasteiger partial charge on any atom is -0.206 e. The number of nitrogens with zero attached hydrogens (tertiary/aromatic N) is 1. The smallest absolute Gasteiger partial charge is 0.153 e. The van der Waals surface area contributed by atoms with E-state index in [1.54, 1.807) is 12.1 Å². The fraction of sp³-hybridized carbons (Fsp3) is 0.179. The Labute approximate surface area is 201 Å². The van der Waals surface area contributed by atoms with E-state index >= 15 is 0 Å². The standard InChI is InChI=1S/C28H19F4NS/c1-2-3-4-5-6-7-19-8-10-20(11-9-19)12-13-21-14-23(29)27(24(30)15-21)22-16-25(31)28(33-18-34)26(32)17-22/h8-11,14-17H,2-5H2,1H3. The molecule has 3 aromatic carbocycles. The van der Waals surface area contributed by atoms with Gasteiger partial charge in [-0.25, -0.2) is 17.6 Å². The summed E-state index contributed by atoms with van der Waals surface area (Å²) in [4.78, 5) is 3.28. The van der Waals surface area contributed by atoms with Gasteiger partial charge >= 0.3 is 0 Å². The minimum absolute atomic E-state index is 0.0846. The maximum Gasteiger partial charge on any atom is 0.153 e. The number of rotatable bonds is 5. The van der Waals surface area contributed by atoms with Gasteiger partial charge < -0.3 is 0 Å². The molecule has 0 fully saturated rings. The van der Waals surface area contributed by atoms with Crippen molar-refractivity contribution >= 4 is 23.1 Å². The molecule has 0 saturated carbocycles. The van der Waals surface area contributed by atoms with E-state index in [0.29, 0.717) is 5.56 Å². The van der Waals surface area contributed by atoms with Crippen molar-refractivity contribution in [3.63, 3.8) is 0 Å². The molecule has 0 bridgehead atoms. The van der Waals surface area contributed by atoms with Crippen LogP contribution in [0.1, 0.15) is 49.3 Å². The molecule has 0 aliphatic carbocycles. The summed E-state index contributed by atoms with van der Waals surface area (Å²) < 4.78 is 57.5. The Bertz CT molecular complexity index is 1320. The molecule has 0 heterocycles. The first-order valence-electron chi connectivity index (χ1n) is 10.6. The van der Waals surface area contributed by atoms with Crippen LogP contribution in [0.15, 0.2) is 53.5 Å². The molecule has 0 aliphatic heterocycles. The first-order valence-corrected chi connectivity index (χ1v) is 11.0. The van der Waals surface area contributed by atoms with Gasteiger partial charge in [-0.2, -0.15) is 4.99 Å². The van der Waals surface area contributed by atoms with Crippen molar-refractivity contribution in [2.75, 3.05) is 0 Å².